The predicted molar refractivity (Wildman–Crippen MR) is 190 cm³/mol. The number of rotatable bonds is 14. The molecule has 0 spiro atoms. The molecule has 2 unspecified atom stereocenters. The summed E-state index contributed by atoms with van der Waals surface area (Å²) in [4.78, 5) is 9.76. The standard InChI is InChI=1S/C39H47N3O2S/c1-8-10-25-42(26-11-9-2)32-19-17-31(36(27-32)43-28-30-15-13-12-14-16-30)18-20-33-21-22-34(45-33)23-24-35-37(41-7)38(29(3)40-6)44-39(35,4)5/h12-20,23-24,27,33-34H,8-11,21-22,25-26,28H2,1-5H3/b20-18+,24-23+,38-29+. The van der Waals surface area contributed by atoms with Crippen LogP contribution in [0.5, 0.6) is 5.75 Å². The molecule has 0 aromatic heterocycles. The van der Waals surface area contributed by atoms with Crippen LogP contribution in [0.4, 0.5) is 5.69 Å². The molecule has 1 fully saturated rings. The molecule has 0 amide bonds. The molecule has 1 saturated heterocycles. The molecule has 2 aliphatic heterocycles. The number of unbranched alkanes of at least 4 members (excludes halogenated alkanes) is 2. The highest BCUT2D eigenvalue weighted by molar-refractivity contribution is 8.01. The van der Waals surface area contributed by atoms with Crippen LogP contribution in [0.25, 0.3) is 15.8 Å². The molecule has 236 valence electrons. The number of anilines is 1. The second-order valence-corrected chi connectivity index (χ2v) is 13.7. The molecule has 2 aromatic rings. The summed E-state index contributed by atoms with van der Waals surface area (Å²) in [5.41, 5.74) is 4.59. The molecule has 6 heteroatoms. The van der Waals surface area contributed by atoms with E-state index in [1.165, 1.54) is 31.4 Å². The van der Waals surface area contributed by atoms with Crippen molar-refractivity contribution in [3.05, 3.63) is 123 Å². The third-order valence-electron chi connectivity index (χ3n) is 8.30. The molecule has 2 atom stereocenters. The second-order valence-electron chi connectivity index (χ2n) is 12.2. The molecule has 0 N–H and O–H groups in total. The van der Waals surface area contributed by atoms with E-state index in [1.807, 2.05) is 31.7 Å². The van der Waals surface area contributed by atoms with Crippen molar-refractivity contribution in [2.24, 2.45) is 0 Å². The first-order valence-corrected chi connectivity index (χ1v) is 17.2. The quantitative estimate of drug-likeness (QED) is 0.196. The fourth-order valence-electron chi connectivity index (χ4n) is 5.63. The van der Waals surface area contributed by atoms with Gasteiger partial charge >= 0.3 is 0 Å². The summed E-state index contributed by atoms with van der Waals surface area (Å²) >= 11 is 1.95. The minimum Gasteiger partial charge on any atom is -0.507 e. The van der Waals surface area contributed by atoms with Gasteiger partial charge in [0, 0.05) is 46.5 Å². The number of ether oxygens (including phenoxy) is 2. The first-order valence-electron chi connectivity index (χ1n) is 16.3. The average molecular weight is 622 g/mol. The fourth-order valence-corrected chi connectivity index (χ4v) is 6.96. The van der Waals surface area contributed by atoms with Crippen molar-refractivity contribution in [2.75, 3.05) is 18.0 Å². The number of nitrogens with zero attached hydrogens (tertiary/aromatic N) is 3. The molecule has 0 radical (unpaired) electrons. The highest BCUT2D eigenvalue weighted by Crippen LogP contribution is 2.43. The first-order chi connectivity index (χ1) is 21.8. The van der Waals surface area contributed by atoms with Crippen LogP contribution >= 0.6 is 11.8 Å². The summed E-state index contributed by atoms with van der Waals surface area (Å²) in [5.74, 6) is 1.34. The summed E-state index contributed by atoms with van der Waals surface area (Å²) in [6.45, 7) is 27.9. The van der Waals surface area contributed by atoms with Gasteiger partial charge in [-0.2, -0.15) is 0 Å². The SMILES string of the molecule is [C-]#[N+]C1=C(/C=C/C2CCC(/C=C/c3ccc(N(CCCC)CCCC)cc3OCc3ccccc3)S2)C(C)(C)O/C1=C(\C)[N+]#[C-]. The molecular weight excluding hydrogens is 575 g/mol. The molecule has 2 aromatic carbocycles. The zero-order chi connectivity index (χ0) is 32.2. The van der Waals surface area contributed by atoms with Crippen LogP contribution in [0.1, 0.15) is 84.3 Å². The van der Waals surface area contributed by atoms with Gasteiger partial charge in [-0.3, -0.25) is 0 Å². The molecule has 5 nitrogen and oxygen atoms in total. The second kappa shape index (κ2) is 16.4. The van der Waals surface area contributed by atoms with Crippen LogP contribution < -0.4 is 9.64 Å². The minimum atomic E-state index is -0.634. The van der Waals surface area contributed by atoms with E-state index in [0.717, 1.165) is 48.4 Å². The lowest BCUT2D eigenvalue weighted by molar-refractivity contribution is 0.0946. The van der Waals surface area contributed by atoms with Crippen LogP contribution in [0.2, 0.25) is 0 Å². The highest BCUT2D eigenvalue weighted by Gasteiger charge is 2.38. The normalized spacial score (nSPS) is 20.3. The first kappa shape index (κ1) is 34.0. The Labute approximate surface area is 275 Å². The Bertz CT molecular complexity index is 1500. The van der Waals surface area contributed by atoms with Gasteiger partial charge in [-0.1, -0.05) is 81.3 Å². The number of benzene rings is 2. The Balaban J connectivity index is 1.50. The highest BCUT2D eigenvalue weighted by atomic mass is 32.2. The number of hydrogen-bond donors (Lipinski definition) is 0. The van der Waals surface area contributed by atoms with E-state index in [0.29, 0.717) is 34.3 Å². The van der Waals surface area contributed by atoms with E-state index in [9.17, 15) is 0 Å². The summed E-state index contributed by atoms with van der Waals surface area (Å²) < 4.78 is 12.5. The number of thioether (sulfide) groups is 1. The average Bonchev–Trinajstić information content (AvgIpc) is 3.62. The summed E-state index contributed by atoms with van der Waals surface area (Å²) in [6, 6.07) is 17.1. The van der Waals surface area contributed by atoms with E-state index in [4.69, 9.17) is 22.6 Å². The van der Waals surface area contributed by atoms with Gasteiger partial charge in [-0.05, 0) is 64.2 Å². The van der Waals surface area contributed by atoms with Crippen molar-refractivity contribution >= 4 is 23.5 Å². The molecule has 0 aliphatic carbocycles. The molecule has 2 aliphatic rings. The molecule has 4 rings (SSSR count). The van der Waals surface area contributed by atoms with Crippen LogP contribution in [-0.4, -0.2) is 29.2 Å². The van der Waals surface area contributed by atoms with Gasteiger partial charge in [0.15, 0.2) is 5.70 Å². The molecular formula is C39H47N3O2S. The largest absolute Gasteiger partial charge is 0.507 e. The maximum atomic E-state index is 7.74. The van der Waals surface area contributed by atoms with Gasteiger partial charge in [0.05, 0.1) is 13.1 Å². The van der Waals surface area contributed by atoms with Crippen molar-refractivity contribution in [3.63, 3.8) is 0 Å². The molecule has 2 heterocycles. The fraction of sp³-hybridized carbons (Fsp3) is 0.436. The van der Waals surface area contributed by atoms with Crippen molar-refractivity contribution in [1.82, 2.24) is 0 Å². The minimum absolute atomic E-state index is 0.354. The molecule has 0 bridgehead atoms. The lowest BCUT2D eigenvalue weighted by Crippen LogP contribution is -2.25. The van der Waals surface area contributed by atoms with E-state index < -0.39 is 5.60 Å². The van der Waals surface area contributed by atoms with Crippen LogP contribution in [-0.2, 0) is 11.3 Å². The number of allylic oxidation sites excluding steroid dienone is 1. The van der Waals surface area contributed by atoms with E-state index in [1.54, 1.807) is 6.92 Å². The van der Waals surface area contributed by atoms with Crippen molar-refractivity contribution in [2.45, 2.75) is 95.9 Å². The van der Waals surface area contributed by atoms with E-state index in [-0.39, 0.29) is 0 Å². The van der Waals surface area contributed by atoms with E-state index >= 15 is 0 Å². The third-order valence-corrected chi connectivity index (χ3v) is 9.78. The van der Waals surface area contributed by atoms with Gasteiger partial charge < -0.3 is 14.4 Å². The Morgan fingerprint density at radius 2 is 1.67 bits per heavy atom. The zero-order valence-electron chi connectivity index (χ0n) is 27.5. The lowest BCUT2D eigenvalue weighted by atomic mass is 9.97. The van der Waals surface area contributed by atoms with Gasteiger partial charge in [0.25, 0.3) is 0 Å². The van der Waals surface area contributed by atoms with Gasteiger partial charge in [-0.15, -0.1) is 11.8 Å². The van der Waals surface area contributed by atoms with Crippen LogP contribution in [0, 0.1) is 13.1 Å². The smallest absolute Gasteiger partial charge is 0.224 e. The van der Waals surface area contributed by atoms with Crippen LogP contribution in [0.15, 0.2) is 89.5 Å². The molecule has 45 heavy (non-hydrogen) atoms. The van der Waals surface area contributed by atoms with Gasteiger partial charge in [0.2, 0.25) is 5.70 Å². The van der Waals surface area contributed by atoms with Crippen molar-refractivity contribution in [1.29, 1.82) is 0 Å². The Morgan fingerprint density at radius 3 is 2.29 bits per heavy atom. The number of hydrogen-bond acceptors (Lipinski definition) is 4. The maximum Gasteiger partial charge on any atom is 0.224 e. The summed E-state index contributed by atoms with van der Waals surface area (Å²) in [7, 11) is 0. The Morgan fingerprint density at radius 1 is 1.00 bits per heavy atom. The summed E-state index contributed by atoms with van der Waals surface area (Å²) in [5, 5.41) is 0.751. The van der Waals surface area contributed by atoms with Gasteiger partial charge in [0.1, 0.15) is 23.7 Å². The topological polar surface area (TPSA) is 30.4 Å². The van der Waals surface area contributed by atoms with Crippen molar-refractivity contribution < 1.29 is 9.47 Å². The predicted octanol–water partition coefficient (Wildman–Crippen LogP) is 10.6. The third kappa shape index (κ3) is 9.09. The van der Waals surface area contributed by atoms with Crippen LogP contribution in [0.3, 0.4) is 0 Å². The Hall–Kier alpha value is -3.87. The Kier molecular flexibility index (Phi) is 12.4. The molecule has 0 saturated carbocycles. The lowest BCUT2D eigenvalue weighted by Gasteiger charge is -2.26. The van der Waals surface area contributed by atoms with Crippen molar-refractivity contribution in [3.8, 4) is 5.75 Å². The van der Waals surface area contributed by atoms with Gasteiger partial charge in [-0.25, -0.2) is 9.69 Å². The maximum absolute atomic E-state index is 7.74. The monoisotopic (exact) mass is 621 g/mol. The van der Waals surface area contributed by atoms with E-state index in [2.05, 4.69) is 95.2 Å². The summed E-state index contributed by atoms with van der Waals surface area (Å²) in [6.07, 6.45) is 15.7. The zero-order valence-corrected chi connectivity index (χ0v) is 28.3.